The zero-order valence-electron chi connectivity index (χ0n) is 10.2. The van der Waals surface area contributed by atoms with E-state index in [0.717, 1.165) is 0 Å². The van der Waals surface area contributed by atoms with Crippen molar-refractivity contribution < 1.29 is 17.1 Å². The maximum absolute atomic E-state index is 11.3. The van der Waals surface area contributed by atoms with Crippen LogP contribution in [-0.4, -0.2) is 73.3 Å². The number of amides is 2. The van der Waals surface area contributed by atoms with Gasteiger partial charge in [-0.05, 0) is 0 Å². The second-order valence-electron chi connectivity index (χ2n) is 3.62. The predicted octanol–water partition coefficient (Wildman–Crippen LogP) is 0.421. The fraction of sp³-hybridized carbons (Fsp3) is 0.750. The molecule has 2 amide bonds. The SMILES string of the molecule is CN(C)C(=O)C[O][Ge]([Br])([Br])[O]CC(=O)N(C)C. The molecule has 0 saturated carbocycles. The standard InChI is InChI=1S/C8H16Br2GeN2O4/c1-12(2)7(14)5-16-11(9,10)17-6-8(15)13(3)4/h5-6H2,1-4H3. The number of likely N-dealkylation sites (N-methyl/N-ethyl adjacent to an activating group) is 2. The zero-order valence-corrected chi connectivity index (χ0v) is 15.5. The van der Waals surface area contributed by atoms with E-state index in [1.54, 1.807) is 28.2 Å². The average molecular weight is 437 g/mol. The van der Waals surface area contributed by atoms with Gasteiger partial charge in [0.15, 0.2) is 0 Å². The summed E-state index contributed by atoms with van der Waals surface area (Å²) in [7, 11) is 3.25. The van der Waals surface area contributed by atoms with Crippen molar-refractivity contribution in [1.29, 1.82) is 0 Å². The van der Waals surface area contributed by atoms with Crippen molar-refractivity contribution in [3.05, 3.63) is 0 Å². The summed E-state index contributed by atoms with van der Waals surface area (Å²) in [5.41, 5.74) is 0. The van der Waals surface area contributed by atoms with E-state index in [1.165, 1.54) is 9.80 Å². The van der Waals surface area contributed by atoms with Crippen molar-refractivity contribution in [2.75, 3.05) is 41.4 Å². The van der Waals surface area contributed by atoms with E-state index in [4.69, 9.17) is 7.53 Å². The topological polar surface area (TPSA) is 59.1 Å². The summed E-state index contributed by atoms with van der Waals surface area (Å²) < 4.78 is 10.6. The van der Waals surface area contributed by atoms with Gasteiger partial charge in [-0.3, -0.25) is 0 Å². The van der Waals surface area contributed by atoms with Gasteiger partial charge in [0.05, 0.1) is 0 Å². The third-order valence-corrected chi connectivity index (χ3v) is 8.50. The van der Waals surface area contributed by atoms with Crippen LogP contribution in [0.5, 0.6) is 0 Å². The summed E-state index contributed by atoms with van der Waals surface area (Å²) in [6.07, 6.45) is 0. The van der Waals surface area contributed by atoms with Crippen molar-refractivity contribution in [3.63, 3.8) is 0 Å². The summed E-state index contributed by atoms with van der Waals surface area (Å²) in [6.45, 7) is -0.167. The Hall–Kier alpha value is 0.363. The minimum atomic E-state index is -3.30. The number of carbonyl (C=O) groups is 2. The van der Waals surface area contributed by atoms with Crippen LogP contribution in [0.4, 0.5) is 0 Å². The molecule has 0 bridgehead atoms. The summed E-state index contributed by atoms with van der Waals surface area (Å²) in [4.78, 5) is 25.4. The number of nitrogens with zero attached hydrogens (tertiary/aromatic N) is 2. The van der Waals surface area contributed by atoms with Crippen LogP contribution < -0.4 is 0 Å². The van der Waals surface area contributed by atoms with E-state index < -0.39 is 10.3 Å². The first-order valence-corrected chi connectivity index (χ1v) is 16.3. The Morgan fingerprint density at radius 1 is 0.941 bits per heavy atom. The first-order chi connectivity index (χ1) is 7.65. The summed E-state index contributed by atoms with van der Waals surface area (Å²) in [6, 6.07) is 0. The Kier molecular flexibility index (Phi) is 7.89. The first-order valence-electron chi connectivity index (χ1n) is 4.71. The molecule has 0 atom stereocenters. The molecule has 6 nitrogen and oxygen atoms in total. The number of hydrogen-bond donors (Lipinski definition) is 0. The van der Waals surface area contributed by atoms with E-state index >= 15 is 0 Å². The second kappa shape index (κ2) is 7.72. The Balaban J connectivity index is 4.04. The van der Waals surface area contributed by atoms with Crippen LogP contribution >= 0.6 is 28.0 Å². The molecule has 0 aromatic rings. The van der Waals surface area contributed by atoms with Crippen LogP contribution in [0.25, 0.3) is 0 Å². The molecule has 0 radical (unpaired) electrons. The van der Waals surface area contributed by atoms with Crippen molar-refractivity contribution >= 4 is 50.1 Å². The van der Waals surface area contributed by atoms with E-state index in [2.05, 4.69) is 28.0 Å². The van der Waals surface area contributed by atoms with Gasteiger partial charge in [0.2, 0.25) is 0 Å². The van der Waals surface area contributed by atoms with Crippen LogP contribution in [0, 0.1) is 0 Å². The zero-order chi connectivity index (χ0) is 13.6. The molecular formula is C8H16Br2GeN2O4. The second-order valence-corrected chi connectivity index (χ2v) is 23.2. The fourth-order valence-corrected chi connectivity index (χ4v) is 4.37. The van der Waals surface area contributed by atoms with Crippen LogP contribution in [-0.2, 0) is 17.1 Å². The van der Waals surface area contributed by atoms with E-state index in [9.17, 15) is 9.59 Å². The van der Waals surface area contributed by atoms with Gasteiger partial charge >= 0.3 is 118 Å². The van der Waals surface area contributed by atoms with E-state index in [0.29, 0.717) is 0 Å². The molecule has 0 heterocycles. The van der Waals surface area contributed by atoms with Crippen LogP contribution in [0.15, 0.2) is 0 Å². The maximum atomic E-state index is 11.3. The van der Waals surface area contributed by atoms with Crippen LogP contribution in [0.1, 0.15) is 0 Å². The fourth-order valence-electron chi connectivity index (χ4n) is 0.591. The molecule has 0 aromatic carbocycles. The molecule has 9 heteroatoms. The summed E-state index contributed by atoms with van der Waals surface area (Å²) in [5, 5.41) is 0. The Morgan fingerprint density at radius 2 is 1.24 bits per heavy atom. The summed E-state index contributed by atoms with van der Waals surface area (Å²) in [5.74, 6) is -0.331. The molecule has 0 fully saturated rings. The molecule has 0 aliphatic heterocycles. The molecule has 0 unspecified atom stereocenters. The third-order valence-electron chi connectivity index (χ3n) is 1.72. The molecular weight excluding hydrogens is 421 g/mol. The Bertz CT molecular complexity index is 261. The number of rotatable bonds is 6. The van der Waals surface area contributed by atoms with Gasteiger partial charge in [0.1, 0.15) is 0 Å². The molecule has 0 aliphatic carbocycles. The van der Waals surface area contributed by atoms with Gasteiger partial charge in [-0.25, -0.2) is 0 Å². The molecule has 0 spiro atoms. The number of halogens is 2. The van der Waals surface area contributed by atoms with Gasteiger partial charge in [-0.15, -0.1) is 0 Å². The Morgan fingerprint density at radius 3 is 1.47 bits per heavy atom. The first kappa shape index (κ1) is 17.4. The van der Waals surface area contributed by atoms with E-state index in [1.807, 2.05) is 0 Å². The molecule has 0 aromatic heterocycles. The molecule has 0 aliphatic rings. The normalized spacial score (nSPS) is 11.2. The summed E-state index contributed by atoms with van der Waals surface area (Å²) >= 11 is 6.51. The minimum absolute atomic E-state index is 0.0837. The van der Waals surface area contributed by atoms with Gasteiger partial charge in [0.25, 0.3) is 0 Å². The number of hydrogen-bond acceptors (Lipinski definition) is 4. The molecule has 100 valence electrons. The van der Waals surface area contributed by atoms with Crippen molar-refractivity contribution in [2.24, 2.45) is 0 Å². The molecule has 0 rings (SSSR count). The predicted molar refractivity (Wildman–Crippen MR) is 72.9 cm³/mol. The third kappa shape index (κ3) is 8.14. The van der Waals surface area contributed by atoms with Crippen molar-refractivity contribution in [2.45, 2.75) is 0 Å². The Labute approximate surface area is 118 Å². The van der Waals surface area contributed by atoms with Gasteiger partial charge in [-0.2, -0.15) is 0 Å². The number of carbonyl (C=O) groups excluding carboxylic acids is 2. The van der Waals surface area contributed by atoms with Crippen LogP contribution in [0.2, 0.25) is 0 Å². The molecule has 0 saturated heterocycles. The van der Waals surface area contributed by atoms with Gasteiger partial charge in [0, 0.05) is 0 Å². The monoisotopic (exact) mass is 436 g/mol. The van der Waals surface area contributed by atoms with Crippen LogP contribution in [0.3, 0.4) is 0 Å². The van der Waals surface area contributed by atoms with Gasteiger partial charge < -0.3 is 0 Å². The molecule has 0 N–H and O–H groups in total. The molecule has 17 heavy (non-hydrogen) atoms. The van der Waals surface area contributed by atoms with E-state index in [-0.39, 0.29) is 25.0 Å². The van der Waals surface area contributed by atoms with Crippen molar-refractivity contribution in [1.82, 2.24) is 9.80 Å². The van der Waals surface area contributed by atoms with Gasteiger partial charge in [-0.1, -0.05) is 0 Å². The van der Waals surface area contributed by atoms with Crippen molar-refractivity contribution in [3.8, 4) is 0 Å². The average Bonchev–Trinajstić information content (AvgIpc) is 2.22. The quantitative estimate of drug-likeness (QED) is 0.567.